The number of benzene rings is 2. The molecule has 0 radical (unpaired) electrons. The summed E-state index contributed by atoms with van der Waals surface area (Å²) in [6.45, 7) is 0. The van der Waals surface area contributed by atoms with Gasteiger partial charge in [-0.2, -0.15) is 0 Å². The van der Waals surface area contributed by atoms with Gasteiger partial charge >= 0.3 is 0 Å². The molecule has 32 heavy (non-hydrogen) atoms. The Bertz CT molecular complexity index is 1260. The molecule has 0 fully saturated rings. The zero-order valence-corrected chi connectivity index (χ0v) is 17.7. The van der Waals surface area contributed by atoms with Crippen LogP contribution >= 0.6 is 11.8 Å². The van der Waals surface area contributed by atoms with Crippen LogP contribution in [0.2, 0.25) is 0 Å². The van der Waals surface area contributed by atoms with Crippen LogP contribution in [0.3, 0.4) is 0 Å². The third kappa shape index (κ3) is 4.49. The van der Waals surface area contributed by atoms with Crippen LogP contribution in [0.1, 0.15) is 10.4 Å². The van der Waals surface area contributed by atoms with E-state index in [2.05, 4.69) is 15.2 Å². The predicted molar refractivity (Wildman–Crippen MR) is 119 cm³/mol. The molecule has 160 valence electrons. The molecular formula is C22H17N5O4S. The van der Waals surface area contributed by atoms with Gasteiger partial charge in [-0.25, -0.2) is 0 Å². The van der Waals surface area contributed by atoms with Gasteiger partial charge in [-0.05, 0) is 36.4 Å². The zero-order valence-electron chi connectivity index (χ0n) is 16.9. The summed E-state index contributed by atoms with van der Waals surface area (Å²) in [6.07, 6.45) is 3.36. The molecule has 0 N–H and O–H groups in total. The Morgan fingerprint density at radius 1 is 1.12 bits per heavy atom. The van der Waals surface area contributed by atoms with Crippen LogP contribution in [0.5, 0.6) is 5.75 Å². The van der Waals surface area contributed by atoms with Crippen molar-refractivity contribution in [3.8, 4) is 22.8 Å². The number of pyridine rings is 1. The molecule has 0 aliphatic heterocycles. The third-order valence-electron chi connectivity index (χ3n) is 4.60. The van der Waals surface area contributed by atoms with E-state index < -0.39 is 4.92 Å². The number of carbonyl (C=O) groups is 1. The number of carbonyl (C=O) groups excluding carboxylic acids is 1. The van der Waals surface area contributed by atoms with Crippen molar-refractivity contribution in [2.24, 2.45) is 0 Å². The fraction of sp³-hybridized carbons (Fsp3) is 0.0909. The number of nitrogens with zero attached hydrogens (tertiary/aromatic N) is 5. The second kappa shape index (κ2) is 9.40. The summed E-state index contributed by atoms with van der Waals surface area (Å²) >= 11 is 1.20. The van der Waals surface area contributed by atoms with E-state index in [4.69, 9.17) is 4.74 Å². The van der Waals surface area contributed by atoms with Gasteiger partial charge in [-0.3, -0.25) is 24.5 Å². The number of hydrogen-bond acceptors (Lipinski definition) is 8. The summed E-state index contributed by atoms with van der Waals surface area (Å²) in [6, 6.07) is 16.8. The van der Waals surface area contributed by atoms with Crippen molar-refractivity contribution in [2.45, 2.75) is 5.16 Å². The lowest BCUT2D eigenvalue weighted by atomic mass is 10.1. The lowest BCUT2D eigenvalue weighted by molar-refractivity contribution is -0.384. The normalized spacial score (nSPS) is 10.7. The lowest BCUT2D eigenvalue weighted by Crippen LogP contribution is -2.05. The average molecular weight is 447 g/mol. The second-order valence-electron chi connectivity index (χ2n) is 6.60. The van der Waals surface area contributed by atoms with E-state index in [-0.39, 0.29) is 22.8 Å². The molecule has 0 spiro atoms. The van der Waals surface area contributed by atoms with E-state index in [1.165, 1.54) is 30.0 Å². The average Bonchev–Trinajstić information content (AvgIpc) is 3.27. The molecule has 2 aromatic carbocycles. The monoisotopic (exact) mass is 447 g/mol. The van der Waals surface area contributed by atoms with Crippen molar-refractivity contribution in [1.29, 1.82) is 0 Å². The molecule has 0 unspecified atom stereocenters. The van der Waals surface area contributed by atoms with Gasteiger partial charge in [0.2, 0.25) is 0 Å². The maximum Gasteiger partial charge on any atom is 0.270 e. The topological polar surface area (TPSA) is 113 Å². The maximum absolute atomic E-state index is 12.7. The number of non-ortho nitro benzene ring substituents is 1. The highest BCUT2D eigenvalue weighted by molar-refractivity contribution is 7.99. The molecule has 0 aliphatic rings. The number of rotatable bonds is 8. The van der Waals surface area contributed by atoms with Gasteiger partial charge in [-0.15, -0.1) is 10.2 Å². The van der Waals surface area contributed by atoms with Gasteiger partial charge in [-0.1, -0.05) is 23.9 Å². The van der Waals surface area contributed by atoms with Crippen LogP contribution in [-0.2, 0) is 0 Å². The molecule has 0 bridgehead atoms. The zero-order chi connectivity index (χ0) is 22.5. The van der Waals surface area contributed by atoms with Crippen LogP contribution < -0.4 is 4.74 Å². The minimum Gasteiger partial charge on any atom is -0.497 e. The number of ether oxygens (including phenoxy) is 1. The highest BCUT2D eigenvalue weighted by Crippen LogP contribution is 2.29. The first kappa shape index (κ1) is 21.2. The van der Waals surface area contributed by atoms with E-state index in [1.807, 2.05) is 34.9 Å². The van der Waals surface area contributed by atoms with Gasteiger partial charge in [0.15, 0.2) is 16.8 Å². The van der Waals surface area contributed by atoms with Crippen LogP contribution in [0.4, 0.5) is 5.69 Å². The van der Waals surface area contributed by atoms with Gasteiger partial charge in [0.05, 0.1) is 17.8 Å². The number of methoxy groups -OCH3 is 1. The smallest absolute Gasteiger partial charge is 0.270 e. The molecule has 0 saturated heterocycles. The molecule has 0 atom stereocenters. The summed E-state index contributed by atoms with van der Waals surface area (Å²) in [5.74, 6) is 1.09. The molecular weight excluding hydrogens is 430 g/mol. The minimum absolute atomic E-state index is 0.0441. The number of aromatic nitrogens is 4. The first-order valence-corrected chi connectivity index (χ1v) is 10.5. The summed E-state index contributed by atoms with van der Waals surface area (Å²) in [4.78, 5) is 27.3. The maximum atomic E-state index is 12.7. The van der Waals surface area contributed by atoms with Crippen molar-refractivity contribution in [1.82, 2.24) is 19.7 Å². The van der Waals surface area contributed by atoms with Gasteiger partial charge in [0.1, 0.15) is 5.75 Å². The number of thioether (sulfide) groups is 1. The molecule has 2 heterocycles. The fourth-order valence-electron chi connectivity index (χ4n) is 3.02. The summed E-state index contributed by atoms with van der Waals surface area (Å²) in [5.41, 5.74) is 1.71. The Morgan fingerprint density at radius 2 is 1.94 bits per heavy atom. The molecule has 0 saturated carbocycles. The number of hydrogen-bond donors (Lipinski definition) is 0. The quantitative estimate of drug-likeness (QED) is 0.171. The molecule has 0 aliphatic carbocycles. The summed E-state index contributed by atoms with van der Waals surface area (Å²) in [5, 5.41) is 20.1. The van der Waals surface area contributed by atoms with Crippen LogP contribution in [0.15, 0.2) is 78.2 Å². The Hall–Kier alpha value is -4.05. The Balaban J connectivity index is 1.65. The van der Waals surface area contributed by atoms with Crippen LogP contribution in [0.25, 0.3) is 17.1 Å². The molecule has 0 amide bonds. The van der Waals surface area contributed by atoms with Crippen molar-refractivity contribution in [2.75, 3.05) is 12.9 Å². The SMILES string of the molecule is COc1ccc(-n2c(SCC(=O)c3cccc([N+](=O)[O-])c3)nnc2-c2cccnc2)cc1. The first-order chi connectivity index (χ1) is 15.6. The van der Waals surface area contributed by atoms with E-state index in [0.717, 1.165) is 11.3 Å². The fourth-order valence-corrected chi connectivity index (χ4v) is 3.86. The molecule has 10 heteroatoms. The Morgan fingerprint density at radius 3 is 2.62 bits per heavy atom. The van der Waals surface area contributed by atoms with Gasteiger partial charge in [0.25, 0.3) is 5.69 Å². The molecule has 4 aromatic rings. The summed E-state index contributed by atoms with van der Waals surface area (Å²) < 4.78 is 7.07. The van der Waals surface area contributed by atoms with Crippen molar-refractivity contribution in [3.63, 3.8) is 0 Å². The highest BCUT2D eigenvalue weighted by Gasteiger charge is 2.19. The molecule has 9 nitrogen and oxygen atoms in total. The van der Waals surface area contributed by atoms with Crippen LogP contribution in [0, 0.1) is 10.1 Å². The summed E-state index contributed by atoms with van der Waals surface area (Å²) in [7, 11) is 1.59. The van der Waals surface area contributed by atoms with E-state index in [1.54, 1.807) is 31.6 Å². The van der Waals surface area contributed by atoms with E-state index in [0.29, 0.717) is 16.7 Å². The van der Waals surface area contributed by atoms with Gasteiger partial charge < -0.3 is 4.74 Å². The standard InChI is InChI=1S/C22H17N5O4S/c1-31-19-9-7-17(8-10-19)26-21(16-5-3-11-23-13-16)24-25-22(26)32-14-20(28)15-4-2-6-18(12-15)27(29)30/h2-13H,14H2,1H3. The van der Waals surface area contributed by atoms with E-state index >= 15 is 0 Å². The minimum atomic E-state index is -0.523. The van der Waals surface area contributed by atoms with Crippen molar-refractivity contribution >= 4 is 23.2 Å². The van der Waals surface area contributed by atoms with Crippen molar-refractivity contribution < 1.29 is 14.5 Å². The third-order valence-corrected chi connectivity index (χ3v) is 5.52. The van der Waals surface area contributed by atoms with Crippen LogP contribution in [-0.4, -0.2) is 43.3 Å². The predicted octanol–water partition coefficient (Wildman–Crippen LogP) is 4.22. The van der Waals surface area contributed by atoms with E-state index in [9.17, 15) is 14.9 Å². The van der Waals surface area contributed by atoms with Gasteiger partial charge in [0, 0.05) is 41.3 Å². The highest BCUT2D eigenvalue weighted by atomic mass is 32.2. The number of nitro benzene ring substituents is 1. The second-order valence-corrected chi connectivity index (χ2v) is 7.54. The number of ketones is 1. The first-order valence-electron chi connectivity index (χ1n) is 9.47. The molecule has 2 aromatic heterocycles. The lowest BCUT2D eigenvalue weighted by Gasteiger charge is -2.11. The van der Waals surface area contributed by atoms with Crippen molar-refractivity contribution in [3.05, 3.63) is 88.7 Å². The number of nitro groups is 1. The number of Topliss-reactive ketones (excluding diaryl/α,β-unsaturated/α-hetero) is 1. The Kier molecular flexibility index (Phi) is 6.22. The largest absolute Gasteiger partial charge is 0.497 e. The molecule has 4 rings (SSSR count). The Labute approximate surface area is 187 Å².